The first kappa shape index (κ1) is 19.7. The van der Waals surface area contributed by atoms with Crippen LogP contribution in [-0.2, 0) is 6.42 Å². The van der Waals surface area contributed by atoms with Crippen molar-refractivity contribution in [2.45, 2.75) is 6.42 Å². The molecule has 0 saturated heterocycles. The summed E-state index contributed by atoms with van der Waals surface area (Å²) in [6.45, 7) is 0.376. The van der Waals surface area contributed by atoms with E-state index in [4.69, 9.17) is 15.2 Å². The summed E-state index contributed by atoms with van der Waals surface area (Å²) in [5.74, 6) is 2.67. The molecular formula is C22H25N5O3. The largest absolute Gasteiger partial charge is 0.505 e. The fourth-order valence-electron chi connectivity index (χ4n) is 3.71. The van der Waals surface area contributed by atoms with Crippen LogP contribution in [0, 0.1) is 0 Å². The molecule has 8 heteroatoms. The molecule has 0 saturated carbocycles. The molecule has 4 aromatic rings. The van der Waals surface area contributed by atoms with Gasteiger partial charge in [-0.15, -0.1) is 0 Å². The summed E-state index contributed by atoms with van der Waals surface area (Å²) in [5.41, 5.74) is 9.62. The van der Waals surface area contributed by atoms with E-state index in [1.165, 1.54) is 0 Å². The molecule has 4 rings (SSSR count). The smallest absolute Gasteiger partial charge is 0.150 e. The van der Waals surface area contributed by atoms with Gasteiger partial charge in [-0.25, -0.2) is 4.98 Å². The zero-order valence-electron chi connectivity index (χ0n) is 17.2. The van der Waals surface area contributed by atoms with Gasteiger partial charge in [0.15, 0.2) is 0 Å². The van der Waals surface area contributed by atoms with Gasteiger partial charge in [0, 0.05) is 31.7 Å². The number of nitrogens with zero attached hydrogens (tertiary/aromatic N) is 2. The maximum atomic E-state index is 11.2. The minimum absolute atomic E-state index is 0.130. The van der Waals surface area contributed by atoms with Crippen molar-refractivity contribution in [2.24, 2.45) is 5.73 Å². The van der Waals surface area contributed by atoms with Gasteiger partial charge in [0.05, 0.1) is 36.6 Å². The first-order valence-electron chi connectivity index (χ1n) is 9.64. The van der Waals surface area contributed by atoms with Crippen molar-refractivity contribution in [1.29, 1.82) is 0 Å². The van der Waals surface area contributed by atoms with Crippen LogP contribution in [-0.4, -0.2) is 47.5 Å². The number of aromatic amines is 1. The second kappa shape index (κ2) is 8.00. The Kier molecular flexibility index (Phi) is 5.24. The third kappa shape index (κ3) is 3.21. The van der Waals surface area contributed by atoms with Crippen molar-refractivity contribution in [3.63, 3.8) is 0 Å². The van der Waals surface area contributed by atoms with Crippen LogP contribution in [0.1, 0.15) is 5.69 Å². The molecule has 0 amide bonds. The fourth-order valence-corrected chi connectivity index (χ4v) is 3.71. The van der Waals surface area contributed by atoms with Gasteiger partial charge < -0.3 is 30.6 Å². The molecule has 156 valence electrons. The van der Waals surface area contributed by atoms with Gasteiger partial charge in [-0.3, -0.25) is 4.57 Å². The number of anilines is 1. The van der Waals surface area contributed by atoms with Crippen molar-refractivity contribution in [3.8, 4) is 34.3 Å². The minimum atomic E-state index is 0.130. The van der Waals surface area contributed by atoms with Crippen LogP contribution >= 0.6 is 0 Å². The maximum Gasteiger partial charge on any atom is 0.150 e. The second-order valence-corrected chi connectivity index (χ2v) is 6.82. The Bertz CT molecular complexity index is 1140. The van der Waals surface area contributed by atoms with E-state index < -0.39 is 0 Å². The van der Waals surface area contributed by atoms with Gasteiger partial charge in [-0.2, -0.15) is 0 Å². The molecule has 8 nitrogen and oxygen atoms in total. The number of H-pyrrole nitrogens is 1. The molecule has 30 heavy (non-hydrogen) atoms. The van der Waals surface area contributed by atoms with Crippen LogP contribution in [0.4, 0.5) is 5.82 Å². The third-order valence-electron chi connectivity index (χ3n) is 5.08. The predicted molar refractivity (Wildman–Crippen MR) is 118 cm³/mol. The molecule has 2 aromatic heterocycles. The fraction of sp³-hybridized carbons (Fsp3) is 0.227. The van der Waals surface area contributed by atoms with E-state index in [1.54, 1.807) is 27.3 Å². The number of benzene rings is 2. The second-order valence-electron chi connectivity index (χ2n) is 6.82. The van der Waals surface area contributed by atoms with Gasteiger partial charge in [-0.1, -0.05) is 12.1 Å². The molecule has 0 fully saturated rings. The van der Waals surface area contributed by atoms with Gasteiger partial charge >= 0.3 is 0 Å². The highest BCUT2D eigenvalue weighted by molar-refractivity contribution is 5.87. The molecule has 2 aromatic carbocycles. The molecule has 0 atom stereocenters. The number of hydrogen-bond donors (Lipinski definition) is 4. The van der Waals surface area contributed by atoms with Crippen molar-refractivity contribution in [1.82, 2.24) is 14.5 Å². The Balaban J connectivity index is 2.00. The molecular weight excluding hydrogens is 382 g/mol. The summed E-state index contributed by atoms with van der Waals surface area (Å²) < 4.78 is 12.8. The number of ether oxygens (including phenoxy) is 2. The van der Waals surface area contributed by atoms with E-state index >= 15 is 0 Å². The summed E-state index contributed by atoms with van der Waals surface area (Å²) in [5, 5.41) is 14.4. The average Bonchev–Trinajstić information content (AvgIpc) is 3.32. The lowest BCUT2D eigenvalue weighted by Gasteiger charge is -2.15. The number of aromatic hydroxyl groups is 1. The van der Waals surface area contributed by atoms with E-state index in [2.05, 4.69) is 15.3 Å². The molecule has 0 bridgehead atoms. The Labute approximate surface area is 174 Å². The Morgan fingerprint density at radius 2 is 1.83 bits per heavy atom. The van der Waals surface area contributed by atoms with Crippen molar-refractivity contribution in [3.05, 3.63) is 48.2 Å². The van der Waals surface area contributed by atoms with Crippen LogP contribution in [0.3, 0.4) is 0 Å². The Morgan fingerprint density at radius 1 is 1.13 bits per heavy atom. The first-order valence-corrected chi connectivity index (χ1v) is 9.64. The maximum absolute atomic E-state index is 11.2. The lowest BCUT2D eigenvalue weighted by Crippen LogP contribution is -2.10. The molecule has 0 aliphatic carbocycles. The van der Waals surface area contributed by atoms with E-state index in [0.717, 1.165) is 16.7 Å². The highest BCUT2D eigenvalue weighted by atomic mass is 16.5. The summed E-state index contributed by atoms with van der Waals surface area (Å²) in [4.78, 5) is 7.98. The third-order valence-corrected chi connectivity index (χ3v) is 5.08. The molecule has 2 heterocycles. The zero-order chi connectivity index (χ0) is 21.3. The average molecular weight is 407 g/mol. The quantitative estimate of drug-likeness (QED) is 0.374. The number of nitrogens with one attached hydrogen (secondary N) is 2. The topological polar surface area (TPSA) is 110 Å². The number of imidazole rings is 1. The van der Waals surface area contributed by atoms with Gasteiger partial charge in [0.25, 0.3) is 0 Å². The monoisotopic (exact) mass is 407 g/mol. The first-order chi connectivity index (χ1) is 14.6. The van der Waals surface area contributed by atoms with E-state index in [1.807, 2.05) is 41.0 Å². The van der Waals surface area contributed by atoms with E-state index in [-0.39, 0.29) is 5.75 Å². The minimum Gasteiger partial charge on any atom is -0.505 e. The number of para-hydroxylation sites is 2. The summed E-state index contributed by atoms with van der Waals surface area (Å²) in [7, 11) is 5.01. The zero-order valence-corrected chi connectivity index (χ0v) is 17.2. The van der Waals surface area contributed by atoms with Gasteiger partial charge in [-0.05, 0) is 18.7 Å². The van der Waals surface area contributed by atoms with Crippen molar-refractivity contribution < 1.29 is 14.6 Å². The molecule has 0 aliphatic rings. The standard InChI is InChI=1S/C22H25N5O3/c1-24-22-19(21-25-16-6-4-5-7-17(16)26-21)20(28)18(8-9-23)27(22)13-10-14(29-2)12-15(11-13)30-3/h4-7,10-12,24,28H,8-9,23H2,1-3H3,(H,25,26). The predicted octanol–water partition coefficient (Wildman–Crippen LogP) is 3.29. The summed E-state index contributed by atoms with van der Waals surface area (Å²) in [6, 6.07) is 13.3. The highest BCUT2D eigenvalue weighted by Gasteiger charge is 2.26. The van der Waals surface area contributed by atoms with E-state index in [0.29, 0.717) is 47.4 Å². The molecule has 5 N–H and O–H groups in total. The molecule has 0 spiro atoms. The van der Waals surface area contributed by atoms with Crippen LogP contribution in [0.2, 0.25) is 0 Å². The van der Waals surface area contributed by atoms with Crippen LogP contribution in [0.5, 0.6) is 17.2 Å². The Hall–Kier alpha value is -3.65. The Morgan fingerprint density at radius 3 is 2.43 bits per heavy atom. The number of rotatable bonds is 7. The van der Waals surface area contributed by atoms with Crippen LogP contribution in [0.15, 0.2) is 42.5 Å². The van der Waals surface area contributed by atoms with Crippen molar-refractivity contribution in [2.75, 3.05) is 33.1 Å². The molecule has 0 unspecified atom stereocenters. The van der Waals surface area contributed by atoms with E-state index in [9.17, 15) is 5.11 Å². The highest BCUT2D eigenvalue weighted by Crippen LogP contribution is 2.43. The number of hydrogen-bond acceptors (Lipinski definition) is 6. The van der Waals surface area contributed by atoms with Gasteiger partial charge in [0.2, 0.25) is 0 Å². The summed E-state index contributed by atoms with van der Waals surface area (Å²) >= 11 is 0. The summed E-state index contributed by atoms with van der Waals surface area (Å²) in [6.07, 6.45) is 0.472. The normalized spacial score (nSPS) is 11.1. The number of nitrogens with two attached hydrogens (primary N) is 1. The lowest BCUT2D eigenvalue weighted by molar-refractivity contribution is 0.394. The van der Waals surface area contributed by atoms with Gasteiger partial charge in [0.1, 0.15) is 34.5 Å². The molecule has 0 radical (unpaired) electrons. The number of fused-ring (bicyclic) bond motifs is 1. The number of methoxy groups -OCH3 is 2. The molecule has 0 aliphatic heterocycles. The van der Waals surface area contributed by atoms with Crippen molar-refractivity contribution >= 4 is 16.9 Å². The number of aromatic nitrogens is 3. The van der Waals surface area contributed by atoms with Crippen LogP contribution < -0.4 is 20.5 Å². The van der Waals surface area contributed by atoms with Crippen LogP contribution in [0.25, 0.3) is 28.1 Å². The lowest BCUT2D eigenvalue weighted by atomic mass is 10.2. The SMILES string of the molecule is CNc1c(-c2nc3ccccc3[nH]2)c(O)c(CCN)n1-c1cc(OC)cc(OC)c1.